The van der Waals surface area contributed by atoms with Gasteiger partial charge in [0.1, 0.15) is 0 Å². The fourth-order valence-electron chi connectivity index (χ4n) is 0.0745. The summed E-state index contributed by atoms with van der Waals surface area (Å²) in [7, 11) is -6.09. The van der Waals surface area contributed by atoms with Crippen molar-refractivity contribution in [2.75, 3.05) is 14.2 Å². The second-order valence-corrected chi connectivity index (χ2v) is 4.04. The summed E-state index contributed by atoms with van der Waals surface area (Å²) >= 11 is 0. The van der Waals surface area contributed by atoms with Crippen LogP contribution in [-0.4, -0.2) is 33.8 Å². The first-order valence-electron chi connectivity index (χ1n) is 2.35. The number of hydrogen-bond acceptors (Lipinski definition) is 4. The lowest BCUT2D eigenvalue weighted by Gasteiger charge is -2.01. The van der Waals surface area contributed by atoms with Crippen molar-refractivity contribution in [1.82, 2.24) is 0 Å². The van der Waals surface area contributed by atoms with Crippen molar-refractivity contribution in [2.45, 2.75) is 0 Å². The molecule has 0 fully saturated rings. The third-order valence-electron chi connectivity index (χ3n) is 0.461. The van der Waals surface area contributed by atoms with Crippen molar-refractivity contribution >= 4 is 15.6 Å². The minimum atomic E-state index is -4.64. The van der Waals surface area contributed by atoms with E-state index in [-0.39, 0.29) is 0 Å². The van der Waals surface area contributed by atoms with Crippen LogP contribution in [0.25, 0.3) is 0 Å². The standard InChI is InChI=1S/C2H7O4P.H3O4P/c1-5-7(3,4)6-2;1-5(2,3)4/h1-2H3,(H,3,4);(H3,1,2,3,4). The second-order valence-electron chi connectivity index (χ2n) is 1.35. The number of hydrogen-bond donors (Lipinski definition) is 4. The minimum Gasteiger partial charge on any atom is -0.303 e. The van der Waals surface area contributed by atoms with Gasteiger partial charge < -0.3 is 19.6 Å². The molecule has 4 N–H and O–H groups in total. The van der Waals surface area contributed by atoms with Gasteiger partial charge >= 0.3 is 15.6 Å². The molecule has 0 aliphatic rings. The summed E-state index contributed by atoms with van der Waals surface area (Å²) in [5, 5.41) is 0. The molecule has 0 aromatic rings. The highest BCUT2D eigenvalue weighted by Crippen LogP contribution is 2.40. The van der Waals surface area contributed by atoms with Crippen LogP contribution in [0.2, 0.25) is 0 Å². The third kappa shape index (κ3) is 22.5. The van der Waals surface area contributed by atoms with Crippen molar-refractivity contribution in [3.8, 4) is 0 Å². The van der Waals surface area contributed by atoms with Gasteiger partial charge in [0.05, 0.1) is 0 Å². The van der Waals surface area contributed by atoms with Crippen LogP contribution in [0.1, 0.15) is 0 Å². The Kier molecular flexibility index (Phi) is 7.11. The highest BCUT2D eigenvalue weighted by Gasteiger charge is 2.13. The monoisotopic (exact) mass is 224 g/mol. The van der Waals surface area contributed by atoms with Crippen molar-refractivity contribution in [1.29, 1.82) is 0 Å². The molecule has 0 bridgehead atoms. The van der Waals surface area contributed by atoms with Crippen LogP contribution in [0.3, 0.4) is 0 Å². The summed E-state index contributed by atoms with van der Waals surface area (Å²) in [5.74, 6) is 0. The van der Waals surface area contributed by atoms with Crippen LogP contribution in [0.15, 0.2) is 0 Å². The average Bonchev–Trinajstić information content (AvgIpc) is 1.85. The highest BCUT2D eigenvalue weighted by atomic mass is 31.2. The summed E-state index contributed by atoms with van der Waals surface area (Å²) in [4.78, 5) is 29.8. The lowest BCUT2D eigenvalue weighted by Crippen LogP contribution is -1.83. The summed E-state index contributed by atoms with van der Waals surface area (Å²) < 4.78 is 26.9. The van der Waals surface area contributed by atoms with Crippen molar-refractivity contribution in [2.24, 2.45) is 0 Å². The number of rotatable bonds is 2. The summed E-state index contributed by atoms with van der Waals surface area (Å²) in [6.45, 7) is 0. The first-order chi connectivity index (χ1) is 5.12. The first-order valence-corrected chi connectivity index (χ1v) is 5.41. The van der Waals surface area contributed by atoms with Crippen molar-refractivity contribution < 1.29 is 37.8 Å². The molecular formula is C2H10O8P2. The van der Waals surface area contributed by atoms with E-state index in [1.807, 2.05) is 0 Å². The Morgan fingerprint density at radius 2 is 1.08 bits per heavy atom. The molecule has 0 atom stereocenters. The van der Waals surface area contributed by atoms with Crippen molar-refractivity contribution in [3.05, 3.63) is 0 Å². The van der Waals surface area contributed by atoms with E-state index in [1.165, 1.54) is 0 Å². The van der Waals surface area contributed by atoms with E-state index in [2.05, 4.69) is 9.05 Å². The zero-order chi connectivity index (χ0) is 10.4. The minimum absolute atomic E-state index is 1.10. The molecule has 0 unspecified atom stereocenters. The van der Waals surface area contributed by atoms with Gasteiger partial charge in [-0.15, -0.1) is 0 Å². The van der Waals surface area contributed by atoms with Gasteiger partial charge in [-0.2, -0.15) is 0 Å². The maximum absolute atomic E-state index is 10.1. The predicted molar refractivity (Wildman–Crippen MR) is 38.1 cm³/mol. The van der Waals surface area contributed by atoms with E-state index in [4.69, 9.17) is 24.1 Å². The molecule has 0 aromatic heterocycles. The quantitative estimate of drug-likeness (QED) is 0.459. The Morgan fingerprint density at radius 1 is 0.917 bits per heavy atom. The molecular weight excluding hydrogens is 214 g/mol. The fraction of sp³-hybridized carbons (Fsp3) is 1.00. The average molecular weight is 224 g/mol. The number of phosphoric ester groups is 1. The van der Waals surface area contributed by atoms with Gasteiger partial charge in [-0.05, 0) is 0 Å². The smallest absolute Gasteiger partial charge is 0.303 e. The maximum Gasteiger partial charge on any atom is 0.471 e. The predicted octanol–water partition coefficient (Wildman–Crippen LogP) is -0.549. The van der Waals surface area contributed by atoms with Crippen LogP contribution < -0.4 is 0 Å². The van der Waals surface area contributed by atoms with Crippen molar-refractivity contribution in [3.63, 3.8) is 0 Å². The summed E-state index contributed by atoms with van der Waals surface area (Å²) in [5.41, 5.74) is 0. The van der Waals surface area contributed by atoms with E-state index in [0.29, 0.717) is 0 Å². The van der Waals surface area contributed by atoms with Crippen LogP contribution in [-0.2, 0) is 18.2 Å². The van der Waals surface area contributed by atoms with E-state index < -0.39 is 15.6 Å². The topological polar surface area (TPSA) is 134 Å². The Balaban J connectivity index is 0. The van der Waals surface area contributed by atoms with E-state index in [0.717, 1.165) is 14.2 Å². The Labute approximate surface area is 68.6 Å². The largest absolute Gasteiger partial charge is 0.471 e. The molecule has 0 spiro atoms. The summed E-state index contributed by atoms with van der Waals surface area (Å²) in [6.07, 6.45) is 0. The molecule has 0 aliphatic carbocycles. The zero-order valence-electron chi connectivity index (χ0n) is 6.32. The molecule has 0 rings (SSSR count). The molecule has 0 aliphatic heterocycles. The molecule has 12 heavy (non-hydrogen) atoms. The number of phosphoric acid groups is 2. The summed E-state index contributed by atoms with van der Waals surface area (Å²) in [6, 6.07) is 0. The van der Waals surface area contributed by atoms with E-state index in [9.17, 15) is 4.57 Å². The normalized spacial score (nSPS) is 11.8. The van der Waals surface area contributed by atoms with Gasteiger partial charge in [0.25, 0.3) is 0 Å². The SMILES string of the molecule is COP(=O)(O)OC.O=P(O)(O)O. The molecule has 0 radical (unpaired) electrons. The maximum atomic E-state index is 10.1. The first kappa shape index (κ1) is 14.7. The van der Waals surface area contributed by atoms with Crippen LogP contribution >= 0.6 is 15.6 Å². The van der Waals surface area contributed by atoms with Gasteiger partial charge in [-0.25, -0.2) is 9.13 Å². The lowest BCUT2D eigenvalue weighted by molar-refractivity contribution is 0.204. The van der Waals surface area contributed by atoms with E-state index in [1.54, 1.807) is 0 Å². The van der Waals surface area contributed by atoms with Gasteiger partial charge in [0.15, 0.2) is 0 Å². The van der Waals surface area contributed by atoms with Gasteiger partial charge in [-0.3, -0.25) is 9.05 Å². The fourth-order valence-corrected chi connectivity index (χ4v) is 0.224. The Hall–Kier alpha value is 0.220. The Bertz CT molecular complexity index is 177. The molecule has 0 aromatic carbocycles. The third-order valence-corrected chi connectivity index (χ3v) is 1.38. The van der Waals surface area contributed by atoms with Gasteiger partial charge in [0, 0.05) is 14.2 Å². The molecule has 0 saturated heterocycles. The highest BCUT2D eigenvalue weighted by molar-refractivity contribution is 7.47. The zero-order valence-corrected chi connectivity index (χ0v) is 8.11. The molecule has 0 saturated carbocycles. The molecule has 10 heteroatoms. The molecule has 76 valence electrons. The molecule has 0 heterocycles. The molecule has 8 nitrogen and oxygen atoms in total. The van der Waals surface area contributed by atoms with Gasteiger partial charge in [-0.1, -0.05) is 0 Å². The van der Waals surface area contributed by atoms with Crippen LogP contribution in [0.5, 0.6) is 0 Å². The Morgan fingerprint density at radius 3 is 1.08 bits per heavy atom. The van der Waals surface area contributed by atoms with Crippen LogP contribution in [0, 0.1) is 0 Å². The lowest BCUT2D eigenvalue weighted by atomic mass is 11.8. The molecule has 0 amide bonds. The second kappa shape index (κ2) is 5.80. The van der Waals surface area contributed by atoms with Gasteiger partial charge in [0.2, 0.25) is 0 Å². The van der Waals surface area contributed by atoms with E-state index >= 15 is 0 Å². The van der Waals surface area contributed by atoms with Crippen LogP contribution in [0.4, 0.5) is 0 Å².